The number of rotatable bonds is 9. The van der Waals surface area contributed by atoms with Gasteiger partial charge in [0.1, 0.15) is 22.3 Å². The molecule has 0 atom stereocenters. The summed E-state index contributed by atoms with van der Waals surface area (Å²) in [6, 6.07) is 88.3. The van der Waals surface area contributed by atoms with Crippen LogP contribution in [-0.4, -0.2) is 0 Å². The van der Waals surface area contributed by atoms with Gasteiger partial charge in [-0.15, -0.1) is 0 Å². The number of benzene rings is 11. The summed E-state index contributed by atoms with van der Waals surface area (Å²) in [6.45, 7) is 0. The highest BCUT2D eigenvalue weighted by Crippen LogP contribution is 2.45. The molecule has 67 heavy (non-hydrogen) atoms. The molecule has 0 unspecified atom stereocenters. The zero-order chi connectivity index (χ0) is 44.3. The SMILES string of the molecule is c1ccc(N(c2ccccc2)c2cccc(N(c3cccc(N(c4ccccc4)c4ccc5ccc6cc7oc8ccccc8c7cc6c5c4)c3)c3ccc4oc5ccccc5c4c3)c2)cc1. The summed E-state index contributed by atoms with van der Waals surface area (Å²) >= 11 is 0. The Morgan fingerprint density at radius 1 is 0.194 bits per heavy atom. The Labute approximate surface area is 387 Å². The van der Waals surface area contributed by atoms with Crippen LogP contribution in [0.1, 0.15) is 0 Å². The Kier molecular flexibility index (Phi) is 9.10. The van der Waals surface area contributed by atoms with E-state index in [1.807, 2.05) is 24.3 Å². The van der Waals surface area contributed by atoms with Crippen molar-refractivity contribution in [3.63, 3.8) is 0 Å². The lowest BCUT2D eigenvalue weighted by Crippen LogP contribution is -2.14. The Morgan fingerprint density at radius 2 is 0.552 bits per heavy atom. The van der Waals surface area contributed by atoms with E-state index >= 15 is 0 Å². The predicted molar refractivity (Wildman–Crippen MR) is 280 cm³/mol. The Bertz CT molecular complexity index is 3910. The third kappa shape index (κ3) is 6.72. The van der Waals surface area contributed by atoms with Crippen molar-refractivity contribution < 1.29 is 8.83 Å². The molecule has 0 fully saturated rings. The molecule has 0 bridgehead atoms. The molecule has 0 saturated carbocycles. The molecule has 0 aliphatic rings. The fourth-order valence-electron chi connectivity index (χ4n) is 9.87. The average Bonchev–Trinajstić information content (AvgIpc) is 3.95. The number of fused-ring (bicyclic) bond motifs is 9. The molecule has 0 aliphatic carbocycles. The molecule has 0 saturated heterocycles. The average molecular weight is 860 g/mol. The fraction of sp³-hybridized carbons (Fsp3) is 0. The predicted octanol–water partition coefficient (Wildman–Crippen LogP) is 18.2. The van der Waals surface area contributed by atoms with Gasteiger partial charge in [-0.05, 0) is 149 Å². The first-order valence-corrected chi connectivity index (χ1v) is 22.6. The summed E-state index contributed by atoms with van der Waals surface area (Å²) in [5, 5.41) is 9.08. The topological polar surface area (TPSA) is 36.0 Å². The van der Waals surface area contributed by atoms with Crippen LogP contribution < -0.4 is 14.7 Å². The molecular formula is C62H41N3O2. The lowest BCUT2D eigenvalue weighted by molar-refractivity contribution is 0.668. The van der Waals surface area contributed by atoms with Gasteiger partial charge in [0.05, 0.1) is 0 Å². The Hall–Kier alpha value is -9.06. The highest BCUT2D eigenvalue weighted by Gasteiger charge is 2.21. The lowest BCUT2D eigenvalue weighted by Gasteiger charge is -2.31. The van der Waals surface area contributed by atoms with E-state index < -0.39 is 0 Å². The van der Waals surface area contributed by atoms with Crippen molar-refractivity contribution >= 4 is 117 Å². The minimum absolute atomic E-state index is 0.854. The third-order valence-corrected chi connectivity index (χ3v) is 12.9. The van der Waals surface area contributed by atoms with E-state index in [-0.39, 0.29) is 0 Å². The maximum Gasteiger partial charge on any atom is 0.136 e. The number of para-hydroxylation sites is 5. The minimum atomic E-state index is 0.854. The summed E-state index contributed by atoms with van der Waals surface area (Å²) < 4.78 is 12.7. The van der Waals surface area contributed by atoms with Gasteiger partial charge in [-0.1, -0.05) is 121 Å². The summed E-state index contributed by atoms with van der Waals surface area (Å²) in [6.07, 6.45) is 0. The van der Waals surface area contributed by atoms with E-state index in [4.69, 9.17) is 8.83 Å². The molecule has 316 valence electrons. The zero-order valence-electron chi connectivity index (χ0n) is 36.3. The van der Waals surface area contributed by atoms with Crippen molar-refractivity contribution in [3.8, 4) is 0 Å². The van der Waals surface area contributed by atoms with Crippen molar-refractivity contribution in [3.05, 3.63) is 249 Å². The summed E-state index contributed by atoms with van der Waals surface area (Å²) in [4.78, 5) is 7.03. The normalized spacial score (nSPS) is 11.6. The van der Waals surface area contributed by atoms with Crippen LogP contribution in [0, 0.1) is 0 Å². The largest absolute Gasteiger partial charge is 0.456 e. The molecule has 13 rings (SSSR count). The van der Waals surface area contributed by atoms with Crippen molar-refractivity contribution in [1.82, 2.24) is 0 Å². The van der Waals surface area contributed by atoms with Gasteiger partial charge in [0.25, 0.3) is 0 Å². The van der Waals surface area contributed by atoms with E-state index in [0.717, 1.165) is 100 Å². The van der Waals surface area contributed by atoms with Crippen LogP contribution in [0.2, 0.25) is 0 Å². The number of nitrogens with zero attached hydrogens (tertiary/aromatic N) is 3. The second kappa shape index (κ2) is 15.9. The molecule has 0 N–H and O–H groups in total. The summed E-state index contributed by atoms with van der Waals surface area (Å²) in [5.74, 6) is 0. The molecule has 11 aromatic carbocycles. The van der Waals surface area contributed by atoms with Crippen molar-refractivity contribution in [2.24, 2.45) is 0 Å². The maximum absolute atomic E-state index is 6.35. The van der Waals surface area contributed by atoms with E-state index in [9.17, 15) is 0 Å². The molecule has 2 aromatic heterocycles. The van der Waals surface area contributed by atoms with E-state index in [1.165, 1.54) is 16.2 Å². The molecule has 0 spiro atoms. The minimum Gasteiger partial charge on any atom is -0.456 e. The molecule has 0 radical (unpaired) electrons. The molecule has 13 aromatic rings. The van der Waals surface area contributed by atoms with Crippen LogP contribution in [0.15, 0.2) is 258 Å². The smallest absolute Gasteiger partial charge is 0.136 e. The fourth-order valence-corrected chi connectivity index (χ4v) is 9.87. The van der Waals surface area contributed by atoms with Gasteiger partial charge >= 0.3 is 0 Å². The summed E-state index contributed by atoms with van der Waals surface area (Å²) in [5.41, 5.74) is 12.9. The lowest BCUT2D eigenvalue weighted by atomic mass is 9.99. The quantitative estimate of drug-likeness (QED) is 0.135. The van der Waals surface area contributed by atoms with Gasteiger partial charge in [-0.3, -0.25) is 0 Å². The first-order chi connectivity index (χ1) is 33.2. The molecule has 5 heteroatoms. The second-order valence-corrected chi connectivity index (χ2v) is 17.0. The van der Waals surface area contributed by atoms with Crippen molar-refractivity contribution in [1.29, 1.82) is 0 Å². The van der Waals surface area contributed by atoms with Gasteiger partial charge < -0.3 is 23.5 Å². The zero-order valence-corrected chi connectivity index (χ0v) is 36.3. The van der Waals surface area contributed by atoms with Crippen LogP contribution in [0.5, 0.6) is 0 Å². The Morgan fingerprint density at radius 3 is 1.12 bits per heavy atom. The maximum atomic E-state index is 6.35. The number of anilines is 9. The third-order valence-electron chi connectivity index (χ3n) is 12.9. The van der Waals surface area contributed by atoms with Gasteiger partial charge in [-0.2, -0.15) is 0 Å². The second-order valence-electron chi connectivity index (χ2n) is 17.0. The van der Waals surface area contributed by atoms with Crippen LogP contribution >= 0.6 is 0 Å². The molecule has 2 heterocycles. The number of furan rings is 2. The number of hydrogen-bond acceptors (Lipinski definition) is 5. The van der Waals surface area contributed by atoms with Crippen LogP contribution in [0.4, 0.5) is 51.2 Å². The van der Waals surface area contributed by atoms with E-state index in [2.05, 4.69) is 239 Å². The summed E-state index contributed by atoms with van der Waals surface area (Å²) in [7, 11) is 0. The van der Waals surface area contributed by atoms with Crippen LogP contribution in [-0.2, 0) is 0 Å². The molecule has 0 aliphatic heterocycles. The number of hydrogen-bond donors (Lipinski definition) is 0. The first-order valence-electron chi connectivity index (χ1n) is 22.6. The van der Waals surface area contributed by atoms with Crippen LogP contribution in [0.3, 0.4) is 0 Å². The highest BCUT2D eigenvalue weighted by molar-refractivity contribution is 6.17. The first kappa shape index (κ1) is 38.4. The van der Waals surface area contributed by atoms with Gasteiger partial charge in [0.2, 0.25) is 0 Å². The molecular weight excluding hydrogens is 819 g/mol. The van der Waals surface area contributed by atoms with E-state index in [0.29, 0.717) is 0 Å². The van der Waals surface area contributed by atoms with Gasteiger partial charge in [0, 0.05) is 72.7 Å². The highest BCUT2D eigenvalue weighted by atomic mass is 16.3. The monoisotopic (exact) mass is 859 g/mol. The molecule has 5 nitrogen and oxygen atoms in total. The Balaban J connectivity index is 0.996. The van der Waals surface area contributed by atoms with E-state index in [1.54, 1.807) is 0 Å². The van der Waals surface area contributed by atoms with Gasteiger partial charge in [-0.25, -0.2) is 0 Å². The van der Waals surface area contributed by atoms with Crippen LogP contribution in [0.25, 0.3) is 65.4 Å². The van der Waals surface area contributed by atoms with Gasteiger partial charge in [0.15, 0.2) is 0 Å². The van der Waals surface area contributed by atoms with Crippen molar-refractivity contribution in [2.75, 3.05) is 14.7 Å². The standard InChI is InChI=1S/C62H41N3O2/c1-4-16-44(17-5-1)63(45-18-6-2-7-19-45)47-22-14-24-49(37-47)65(52-34-35-61-57(40-52)53-26-10-12-28-59(53)66-61)50-25-15-23-48(38-50)64(46-20-8-3-9-21-46)51-33-32-42-30-31-43-36-62-58(41-56(43)55(42)39-51)54-27-11-13-29-60(54)67-62/h1-41H. The molecule has 0 amide bonds. The van der Waals surface area contributed by atoms with Crippen molar-refractivity contribution in [2.45, 2.75) is 0 Å².